The number of rotatable bonds is 5. The Morgan fingerprint density at radius 2 is 2.56 bits per heavy atom. The summed E-state index contributed by atoms with van der Waals surface area (Å²) in [7, 11) is 0. The molecule has 1 N–H and O–H groups in total. The zero-order valence-electron chi connectivity index (χ0n) is 9.61. The third-order valence-electron chi connectivity index (χ3n) is 2.54. The van der Waals surface area contributed by atoms with Gasteiger partial charge in [0, 0.05) is 18.3 Å². The normalized spacial score (nSPS) is 18.8. The molecule has 9 heteroatoms. The molecule has 1 fully saturated rings. The molecule has 0 saturated carbocycles. The summed E-state index contributed by atoms with van der Waals surface area (Å²) in [5.74, 6) is -0.785. The average molecular weight is 255 g/mol. The molecule has 1 aromatic rings. The van der Waals surface area contributed by atoms with E-state index in [1.54, 1.807) is 0 Å². The minimum Gasteiger partial charge on any atom is -0.390 e. The highest BCUT2D eigenvalue weighted by Gasteiger charge is 2.18. The van der Waals surface area contributed by atoms with E-state index < -0.39 is 10.9 Å². The van der Waals surface area contributed by atoms with E-state index in [-0.39, 0.29) is 18.6 Å². The van der Waals surface area contributed by atoms with Crippen LogP contribution < -0.4 is 5.32 Å². The lowest BCUT2D eigenvalue weighted by molar-refractivity contribution is -0.394. The topological polar surface area (TPSA) is 112 Å². The third-order valence-corrected chi connectivity index (χ3v) is 2.54. The van der Waals surface area contributed by atoms with Crippen LogP contribution >= 0.6 is 0 Å². The Labute approximate surface area is 102 Å². The van der Waals surface area contributed by atoms with E-state index >= 15 is 0 Å². The minimum absolute atomic E-state index is 0.0685. The van der Waals surface area contributed by atoms with Crippen LogP contribution in [0.4, 0.5) is 5.95 Å². The summed E-state index contributed by atoms with van der Waals surface area (Å²) in [5, 5.41) is 16.6. The van der Waals surface area contributed by atoms with Gasteiger partial charge in [0.05, 0.1) is 6.10 Å². The van der Waals surface area contributed by atoms with Gasteiger partial charge in [0.25, 0.3) is 0 Å². The van der Waals surface area contributed by atoms with Gasteiger partial charge in [-0.1, -0.05) is 4.98 Å². The molecule has 0 radical (unpaired) electrons. The predicted molar refractivity (Wildman–Crippen MR) is 58.7 cm³/mol. The van der Waals surface area contributed by atoms with Crippen molar-refractivity contribution in [3.05, 3.63) is 16.4 Å². The van der Waals surface area contributed by atoms with E-state index in [1.165, 1.54) is 0 Å². The molecule has 0 bridgehead atoms. The lowest BCUT2D eigenvalue weighted by Gasteiger charge is -2.09. The molecular formula is C9H13N5O4. The highest BCUT2D eigenvalue weighted by molar-refractivity contribution is 5.75. The summed E-state index contributed by atoms with van der Waals surface area (Å²) in [5.41, 5.74) is 0. The second-order valence-electron chi connectivity index (χ2n) is 3.94. The Kier molecular flexibility index (Phi) is 3.82. The number of carbonyl (C=O) groups excluding carboxylic acids is 1. The van der Waals surface area contributed by atoms with Crippen LogP contribution in [-0.4, -0.2) is 44.9 Å². The Morgan fingerprint density at radius 1 is 1.72 bits per heavy atom. The van der Waals surface area contributed by atoms with Crippen LogP contribution in [0.25, 0.3) is 0 Å². The van der Waals surface area contributed by atoms with Gasteiger partial charge in [-0.15, -0.1) is 0 Å². The van der Waals surface area contributed by atoms with Gasteiger partial charge < -0.3 is 20.2 Å². The van der Waals surface area contributed by atoms with Gasteiger partial charge in [0.1, 0.15) is 6.54 Å². The predicted octanol–water partition coefficient (Wildman–Crippen LogP) is -0.519. The summed E-state index contributed by atoms with van der Waals surface area (Å²) in [6.45, 7) is 1.10. The molecule has 1 saturated heterocycles. The fraction of sp³-hybridized carbons (Fsp3) is 0.667. The molecule has 9 nitrogen and oxygen atoms in total. The molecule has 0 unspecified atom stereocenters. The number of nitrogens with zero attached hydrogens (tertiary/aromatic N) is 4. The Balaban J connectivity index is 1.77. The number of ether oxygens (including phenoxy) is 1. The Morgan fingerprint density at radius 3 is 3.17 bits per heavy atom. The van der Waals surface area contributed by atoms with Gasteiger partial charge in [-0.3, -0.25) is 4.79 Å². The van der Waals surface area contributed by atoms with Crippen LogP contribution in [0.1, 0.15) is 12.8 Å². The SMILES string of the molecule is O=C(Cn1cnc([N+](=O)[O-])n1)NC[C@@H]1CCCO1. The second kappa shape index (κ2) is 5.54. The van der Waals surface area contributed by atoms with Crippen molar-refractivity contribution in [1.82, 2.24) is 20.1 Å². The van der Waals surface area contributed by atoms with Crippen molar-refractivity contribution < 1.29 is 14.5 Å². The number of aromatic nitrogens is 3. The summed E-state index contributed by atoms with van der Waals surface area (Å²) in [6.07, 6.45) is 3.17. The number of amides is 1. The van der Waals surface area contributed by atoms with E-state index in [9.17, 15) is 14.9 Å². The van der Waals surface area contributed by atoms with E-state index in [4.69, 9.17) is 4.74 Å². The van der Waals surface area contributed by atoms with Crippen molar-refractivity contribution in [2.45, 2.75) is 25.5 Å². The molecule has 1 aromatic heterocycles. The van der Waals surface area contributed by atoms with Gasteiger partial charge in [-0.05, 0) is 17.8 Å². The van der Waals surface area contributed by atoms with Crippen molar-refractivity contribution in [2.24, 2.45) is 0 Å². The number of hydrogen-bond acceptors (Lipinski definition) is 6. The van der Waals surface area contributed by atoms with Crippen molar-refractivity contribution >= 4 is 11.9 Å². The van der Waals surface area contributed by atoms with Crippen molar-refractivity contribution in [2.75, 3.05) is 13.2 Å². The van der Waals surface area contributed by atoms with Crippen LogP contribution in [0.15, 0.2) is 6.33 Å². The van der Waals surface area contributed by atoms with Gasteiger partial charge in [0.2, 0.25) is 12.2 Å². The van der Waals surface area contributed by atoms with Crippen LogP contribution in [0.3, 0.4) is 0 Å². The quantitative estimate of drug-likeness (QED) is 0.559. The first-order valence-corrected chi connectivity index (χ1v) is 5.57. The van der Waals surface area contributed by atoms with Gasteiger partial charge in [0.15, 0.2) is 0 Å². The zero-order chi connectivity index (χ0) is 13.0. The number of nitro groups is 1. The number of nitrogens with one attached hydrogen (secondary N) is 1. The van der Waals surface area contributed by atoms with Gasteiger partial charge in [-0.25, -0.2) is 0 Å². The largest absolute Gasteiger partial charge is 0.490 e. The highest BCUT2D eigenvalue weighted by atomic mass is 16.6. The third kappa shape index (κ3) is 3.23. The maximum absolute atomic E-state index is 11.5. The number of carbonyl (C=O) groups is 1. The molecule has 0 aromatic carbocycles. The average Bonchev–Trinajstić information content (AvgIpc) is 2.96. The molecule has 1 amide bonds. The zero-order valence-corrected chi connectivity index (χ0v) is 9.61. The summed E-state index contributed by atoms with van der Waals surface area (Å²) >= 11 is 0. The highest BCUT2D eigenvalue weighted by Crippen LogP contribution is 2.10. The first-order valence-electron chi connectivity index (χ1n) is 5.57. The molecule has 1 aliphatic rings. The first-order chi connectivity index (χ1) is 8.65. The van der Waals surface area contributed by atoms with Gasteiger partial charge in [-0.2, -0.15) is 4.68 Å². The molecule has 2 heterocycles. The standard InChI is InChI=1S/C9H13N5O4/c15-8(10-4-7-2-1-3-18-7)5-13-6-11-9(12-13)14(16)17/h6-7H,1-5H2,(H,10,15)/t7-/m0/s1. The number of hydrogen-bond donors (Lipinski definition) is 1. The fourth-order valence-electron chi connectivity index (χ4n) is 1.68. The minimum atomic E-state index is -0.708. The molecule has 1 aliphatic heterocycles. The Hall–Kier alpha value is -2.03. The molecule has 0 spiro atoms. The van der Waals surface area contributed by atoms with Gasteiger partial charge >= 0.3 is 5.95 Å². The van der Waals surface area contributed by atoms with Crippen LogP contribution in [0.5, 0.6) is 0 Å². The Bertz CT molecular complexity index is 440. The van der Waals surface area contributed by atoms with E-state index in [0.717, 1.165) is 30.5 Å². The summed E-state index contributed by atoms with van der Waals surface area (Å²) in [4.78, 5) is 24.6. The van der Waals surface area contributed by atoms with Crippen LogP contribution in [0.2, 0.25) is 0 Å². The van der Waals surface area contributed by atoms with Crippen molar-refractivity contribution in [1.29, 1.82) is 0 Å². The van der Waals surface area contributed by atoms with Crippen LogP contribution in [-0.2, 0) is 16.1 Å². The molecule has 98 valence electrons. The van der Waals surface area contributed by atoms with E-state index in [2.05, 4.69) is 15.4 Å². The van der Waals surface area contributed by atoms with Crippen LogP contribution in [0, 0.1) is 10.1 Å². The first kappa shape index (κ1) is 12.4. The lowest BCUT2D eigenvalue weighted by atomic mass is 10.2. The lowest BCUT2D eigenvalue weighted by Crippen LogP contribution is -2.34. The molecule has 2 rings (SSSR count). The van der Waals surface area contributed by atoms with E-state index in [1.807, 2.05) is 0 Å². The molecule has 0 aliphatic carbocycles. The second-order valence-corrected chi connectivity index (χ2v) is 3.94. The summed E-state index contributed by atoms with van der Waals surface area (Å²) < 4.78 is 6.48. The summed E-state index contributed by atoms with van der Waals surface area (Å²) in [6, 6.07) is 0. The fourth-order valence-corrected chi connectivity index (χ4v) is 1.68. The van der Waals surface area contributed by atoms with Crippen molar-refractivity contribution in [3.8, 4) is 0 Å². The maximum Gasteiger partial charge on any atom is 0.490 e. The van der Waals surface area contributed by atoms with E-state index in [0.29, 0.717) is 6.54 Å². The monoisotopic (exact) mass is 255 g/mol. The molecule has 18 heavy (non-hydrogen) atoms. The molecule has 1 atom stereocenters. The maximum atomic E-state index is 11.5. The van der Waals surface area contributed by atoms with Crippen molar-refractivity contribution in [3.63, 3.8) is 0 Å². The molecular weight excluding hydrogens is 242 g/mol. The smallest absolute Gasteiger partial charge is 0.390 e.